The van der Waals surface area contributed by atoms with Crippen LogP contribution in [-0.2, 0) is 14.8 Å². The van der Waals surface area contributed by atoms with Crippen molar-refractivity contribution in [1.82, 2.24) is 9.21 Å². The van der Waals surface area contributed by atoms with Gasteiger partial charge in [0.2, 0.25) is 15.9 Å². The lowest BCUT2D eigenvalue weighted by Crippen LogP contribution is -2.49. The van der Waals surface area contributed by atoms with Crippen LogP contribution < -0.4 is 5.32 Å². The van der Waals surface area contributed by atoms with Gasteiger partial charge in [-0.05, 0) is 36.4 Å². The Morgan fingerprint density at radius 1 is 1.07 bits per heavy atom. The van der Waals surface area contributed by atoms with E-state index in [4.69, 9.17) is 11.6 Å². The molecule has 1 aliphatic rings. The lowest BCUT2D eigenvalue weighted by atomic mass is 10.2. The van der Waals surface area contributed by atoms with Crippen LogP contribution in [0, 0.1) is 5.82 Å². The van der Waals surface area contributed by atoms with E-state index in [2.05, 4.69) is 5.32 Å². The summed E-state index contributed by atoms with van der Waals surface area (Å²) >= 11 is 5.90. The maximum atomic E-state index is 13.2. The van der Waals surface area contributed by atoms with Gasteiger partial charge in [-0.3, -0.25) is 4.79 Å². The molecule has 1 fully saturated rings. The molecule has 0 saturated carbocycles. The molecular formula is C19H21ClFN3O3S. The molecule has 1 heterocycles. The molecule has 2 aromatic carbocycles. The van der Waals surface area contributed by atoms with Crippen molar-refractivity contribution >= 4 is 33.2 Å². The van der Waals surface area contributed by atoms with Gasteiger partial charge in [0.1, 0.15) is 5.82 Å². The molecule has 1 aliphatic heterocycles. The number of amides is 1. The molecule has 9 heteroatoms. The van der Waals surface area contributed by atoms with Gasteiger partial charge in [0.05, 0.1) is 4.90 Å². The van der Waals surface area contributed by atoms with Crippen molar-refractivity contribution in [1.29, 1.82) is 0 Å². The molecule has 2 aromatic rings. The van der Waals surface area contributed by atoms with Gasteiger partial charge in [-0.2, -0.15) is 4.31 Å². The number of carbonyl (C=O) groups is 1. The number of hydrogen-bond acceptors (Lipinski definition) is 4. The largest absolute Gasteiger partial charge is 0.326 e. The Balaban J connectivity index is 1.48. The maximum Gasteiger partial charge on any atom is 0.243 e. The first kappa shape index (κ1) is 20.7. The molecule has 1 amide bonds. The molecule has 0 unspecified atom stereocenters. The van der Waals surface area contributed by atoms with E-state index in [0.717, 1.165) is 0 Å². The van der Waals surface area contributed by atoms with Gasteiger partial charge in [0, 0.05) is 49.9 Å². The molecule has 1 N–H and O–H groups in total. The van der Waals surface area contributed by atoms with E-state index in [9.17, 15) is 17.6 Å². The summed E-state index contributed by atoms with van der Waals surface area (Å²) in [6.45, 7) is 2.27. The molecule has 0 aliphatic carbocycles. The van der Waals surface area contributed by atoms with E-state index in [-0.39, 0.29) is 17.2 Å². The van der Waals surface area contributed by atoms with Crippen LogP contribution in [-0.4, -0.2) is 56.3 Å². The Kier molecular flexibility index (Phi) is 6.66. The summed E-state index contributed by atoms with van der Waals surface area (Å²) in [4.78, 5) is 14.2. The zero-order valence-corrected chi connectivity index (χ0v) is 16.7. The predicted molar refractivity (Wildman–Crippen MR) is 106 cm³/mol. The predicted octanol–water partition coefficient (Wildman–Crippen LogP) is 2.81. The highest BCUT2D eigenvalue weighted by Gasteiger charge is 2.28. The van der Waals surface area contributed by atoms with Gasteiger partial charge in [-0.1, -0.05) is 23.7 Å². The van der Waals surface area contributed by atoms with E-state index in [0.29, 0.717) is 43.4 Å². The van der Waals surface area contributed by atoms with Crippen LogP contribution in [0.3, 0.4) is 0 Å². The standard InChI is InChI=1S/C19H21ClFN3O3S/c20-15-3-1-6-18(13-15)28(26,27)24-11-9-23(10-12-24)8-7-19(25)22-17-5-2-4-16(21)14-17/h1-6,13-14H,7-12H2,(H,22,25). The normalized spacial score (nSPS) is 16.1. The van der Waals surface area contributed by atoms with Crippen LogP contribution in [0.15, 0.2) is 53.4 Å². The number of benzene rings is 2. The molecule has 1 saturated heterocycles. The van der Waals surface area contributed by atoms with Gasteiger partial charge in [0.15, 0.2) is 0 Å². The molecule has 3 rings (SSSR count). The number of sulfonamides is 1. The van der Waals surface area contributed by atoms with Crippen molar-refractivity contribution in [3.63, 3.8) is 0 Å². The SMILES string of the molecule is O=C(CCN1CCN(S(=O)(=O)c2cccc(Cl)c2)CC1)Nc1cccc(F)c1. The fraction of sp³-hybridized carbons (Fsp3) is 0.316. The summed E-state index contributed by atoms with van der Waals surface area (Å²) < 4.78 is 40.0. The van der Waals surface area contributed by atoms with Crippen LogP contribution in [0.2, 0.25) is 5.02 Å². The number of carbonyl (C=O) groups excluding carboxylic acids is 1. The van der Waals surface area contributed by atoms with Gasteiger partial charge in [0.25, 0.3) is 0 Å². The highest BCUT2D eigenvalue weighted by Crippen LogP contribution is 2.21. The number of halogens is 2. The Hall–Kier alpha value is -2.00. The Morgan fingerprint density at radius 3 is 2.46 bits per heavy atom. The zero-order valence-electron chi connectivity index (χ0n) is 15.1. The third-order valence-corrected chi connectivity index (χ3v) is 6.66. The van der Waals surface area contributed by atoms with E-state index in [1.807, 2.05) is 4.90 Å². The first-order chi connectivity index (χ1) is 13.3. The zero-order chi connectivity index (χ0) is 20.1. The monoisotopic (exact) mass is 425 g/mol. The van der Waals surface area contributed by atoms with Crippen molar-refractivity contribution in [3.8, 4) is 0 Å². The molecule has 0 aromatic heterocycles. The second-order valence-corrected chi connectivity index (χ2v) is 8.89. The Labute approximate surface area is 168 Å². The quantitative estimate of drug-likeness (QED) is 0.772. The number of anilines is 1. The Bertz CT molecular complexity index is 947. The van der Waals surface area contributed by atoms with Crippen LogP contribution in [0.1, 0.15) is 6.42 Å². The average Bonchev–Trinajstić information content (AvgIpc) is 2.67. The molecule has 0 radical (unpaired) electrons. The second kappa shape index (κ2) is 9.00. The summed E-state index contributed by atoms with van der Waals surface area (Å²) in [5.41, 5.74) is 0.419. The molecule has 28 heavy (non-hydrogen) atoms. The van der Waals surface area contributed by atoms with Crippen molar-refractivity contribution in [2.75, 3.05) is 38.0 Å². The maximum absolute atomic E-state index is 13.2. The fourth-order valence-electron chi connectivity index (χ4n) is 3.02. The van der Waals surface area contributed by atoms with Crippen LogP contribution in [0.5, 0.6) is 0 Å². The fourth-order valence-corrected chi connectivity index (χ4v) is 4.74. The summed E-state index contributed by atoms with van der Waals surface area (Å²) in [5, 5.41) is 3.04. The lowest BCUT2D eigenvalue weighted by Gasteiger charge is -2.33. The topological polar surface area (TPSA) is 69.7 Å². The number of hydrogen-bond donors (Lipinski definition) is 1. The average molecular weight is 426 g/mol. The van der Waals surface area contributed by atoms with Gasteiger partial charge in [-0.25, -0.2) is 12.8 Å². The number of nitrogens with zero attached hydrogens (tertiary/aromatic N) is 2. The highest BCUT2D eigenvalue weighted by atomic mass is 35.5. The molecule has 6 nitrogen and oxygen atoms in total. The smallest absolute Gasteiger partial charge is 0.243 e. The van der Waals surface area contributed by atoms with Crippen LogP contribution in [0.25, 0.3) is 0 Å². The minimum atomic E-state index is -3.58. The van der Waals surface area contributed by atoms with Gasteiger partial charge < -0.3 is 10.2 Å². The molecule has 0 atom stereocenters. The third kappa shape index (κ3) is 5.29. The minimum absolute atomic E-state index is 0.183. The Morgan fingerprint density at radius 2 is 1.79 bits per heavy atom. The summed E-state index contributed by atoms with van der Waals surface area (Å²) in [6.07, 6.45) is 0.248. The summed E-state index contributed by atoms with van der Waals surface area (Å²) in [6, 6.07) is 12.0. The van der Waals surface area contributed by atoms with E-state index >= 15 is 0 Å². The third-order valence-electron chi connectivity index (χ3n) is 4.53. The van der Waals surface area contributed by atoms with E-state index < -0.39 is 15.8 Å². The van der Waals surface area contributed by atoms with E-state index in [1.54, 1.807) is 18.2 Å². The first-order valence-electron chi connectivity index (χ1n) is 8.88. The van der Waals surface area contributed by atoms with Crippen molar-refractivity contribution in [2.24, 2.45) is 0 Å². The minimum Gasteiger partial charge on any atom is -0.326 e. The van der Waals surface area contributed by atoms with E-state index in [1.165, 1.54) is 34.6 Å². The van der Waals surface area contributed by atoms with Crippen LogP contribution in [0.4, 0.5) is 10.1 Å². The molecule has 0 spiro atoms. The molecular weight excluding hydrogens is 405 g/mol. The van der Waals surface area contributed by atoms with Crippen molar-refractivity contribution in [3.05, 3.63) is 59.4 Å². The first-order valence-corrected chi connectivity index (χ1v) is 10.7. The number of piperazine rings is 1. The highest BCUT2D eigenvalue weighted by molar-refractivity contribution is 7.89. The lowest BCUT2D eigenvalue weighted by molar-refractivity contribution is -0.116. The van der Waals surface area contributed by atoms with Gasteiger partial charge in [-0.15, -0.1) is 0 Å². The number of rotatable bonds is 6. The molecule has 150 valence electrons. The van der Waals surface area contributed by atoms with Gasteiger partial charge >= 0.3 is 0 Å². The summed E-state index contributed by atoms with van der Waals surface area (Å²) in [7, 11) is -3.58. The van der Waals surface area contributed by atoms with Crippen LogP contribution >= 0.6 is 11.6 Å². The summed E-state index contributed by atoms with van der Waals surface area (Å²) in [5.74, 6) is -0.616. The van der Waals surface area contributed by atoms with Crippen molar-refractivity contribution in [2.45, 2.75) is 11.3 Å². The molecule has 0 bridgehead atoms. The van der Waals surface area contributed by atoms with Crippen molar-refractivity contribution < 1.29 is 17.6 Å². The number of nitrogens with one attached hydrogen (secondary N) is 1. The second-order valence-electron chi connectivity index (χ2n) is 6.51.